The lowest BCUT2D eigenvalue weighted by Gasteiger charge is -2.27. The molecule has 6 rings (SSSR count). The summed E-state index contributed by atoms with van der Waals surface area (Å²) < 4.78 is 0. The van der Waals surface area contributed by atoms with E-state index in [1.54, 1.807) is 0 Å². The Kier molecular flexibility index (Phi) is 7.15. The number of hydrogen-bond donors (Lipinski definition) is 1. The fourth-order valence-electron chi connectivity index (χ4n) is 5.19. The van der Waals surface area contributed by atoms with Gasteiger partial charge in [0, 0.05) is 28.4 Å². The Balaban J connectivity index is 1.43. The van der Waals surface area contributed by atoms with Crippen molar-refractivity contribution in [3.63, 3.8) is 0 Å². The molecule has 0 bridgehead atoms. The second-order valence-corrected chi connectivity index (χ2v) is 10.2. The Labute approximate surface area is 237 Å². The molecule has 0 aromatic heterocycles. The lowest BCUT2D eigenvalue weighted by Crippen LogP contribution is -2.10. The summed E-state index contributed by atoms with van der Waals surface area (Å²) in [7, 11) is 0. The molecular weight excluding hydrogens is 484 g/mol. The van der Waals surface area contributed by atoms with Crippen molar-refractivity contribution < 1.29 is 0 Å². The third-order valence-electron chi connectivity index (χ3n) is 7.12. The average Bonchev–Trinajstić information content (AvgIpc) is 2.99. The summed E-state index contributed by atoms with van der Waals surface area (Å²) in [5, 5.41) is 3.53. The Hall–Kier alpha value is -5.08. The van der Waals surface area contributed by atoms with Crippen molar-refractivity contribution >= 4 is 28.4 Å². The zero-order chi connectivity index (χ0) is 27.3. The number of nitrogens with zero attached hydrogens (tertiary/aromatic N) is 1. The van der Waals surface area contributed by atoms with E-state index in [-0.39, 0.29) is 0 Å². The first-order chi connectivity index (χ1) is 19.6. The number of nitrogens with one attached hydrogen (secondary N) is 1. The molecule has 6 aromatic rings. The van der Waals surface area contributed by atoms with Gasteiger partial charge in [0.2, 0.25) is 0 Å². The minimum absolute atomic E-state index is 1.07. The molecule has 0 aliphatic rings. The van der Waals surface area contributed by atoms with Crippen LogP contribution in [0.4, 0.5) is 28.4 Å². The highest BCUT2D eigenvalue weighted by atomic mass is 15.1. The molecule has 0 unspecified atom stereocenters. The van der Waals surface area contributed by atoms with Gasteiger partial charge in [-0.25, -0.2) is 0 Å². The first-order valence-corrected chi connectivity index (χ1v) is 13.7. The largest absolute Gasteiger partial charge is 0.356 e. The smallest absolute Gasteiger partial charge is 0.0468 e. The minimum Gasteiger partial charge on any atom is -0.356 e. The van der Waals surface area contributed by atoms with Crippen LogP contribution >= 0.6 is 0 Å². The predicted molar refractivity (Wildman–Crippen MR) is 171 cm³/mol. The molecule has 0 aliphatic heterocycles. The first-order valence-electron chi connectivity index (χ1n) is 13.7. The fraction of sp³-hybridized carbons (Fsp3) is 0.0526. The van der Waals surface area contributed by atoms with Gasteiger partial charge in [-0.3, -0.25) is 0 Å². The summed E-state index contributed by atoms with van der Waals surface area (Å²) >= 11 is 0. The third kappa shape index (κ3) is 5.52. The molecule has 40 heavy (non-hydrogen) atoms. The Morgan fingerprint density at radius 2 is 1.00 bits per heavy atom. The molecule has 0 saturated heterocycles. The monoisotopic (exact) mass is 516 g/mol. The van der Waals surface area contributed by atoms with Crippen LogP contribution in [0.2, 0.25) is 0 Å². The van der Waals surface area contributed by atoms with Crippen molar-refractivity contribution in [3.8, 4) is 22.3 Å². The van der Waals surface area contributed by atoms with Gasteiger partial charge in [0.05, 0.1) is 0 Å². The van der Waals surface area contributed by atoms with E-state index >= 15 is 0 Å². The zero-order valence-electron chi connectivity index (χ0n) is 22.9. The van der Waals surface area contributed by atoms with Crippen molar-refractivity contribution in [3.05, 3.63) is 163 Å². The van der Waals surface area contributed by atoms with Gasteiger partial charge >= 0.3 is 0 Å². The van der Waals surface area contributed by atoms with E-state index in [9.17, 15) is 0 Å². The third-order valence-corrected chi connectivity index (χ3v) is 7.12. The molecule has 0 saturated carbocycles. The molecule has 0 fully saturated rings. The van der Waals surface area contributed by atoms with Crippen LogP contribution in [-0.4, -0.2) is 0 Å². The van der Waals surface area contributed by atoms with Gasteiger partial charge in [0.1, 0.15) is 0 Å². The van der Waals surface area contributed by atoms with Crippen molar-refractivity contribution in [1.82, 2.24) is 0 Å². The lowest BCUT2D eigenvalue weighted by molar-refractivity contribution is 1.27. The number of aryl methyl sites for hydroxylation is 2. The summed E-state index contributed by atoms with van der Waals surface area (Å²) in [6.07, 6.45) is 0. The van der Waals surface area contributed by atoms with E-state index in [2.05, 4.69) is 176 Å². The topological polar surface area (TPSA) is 15.3 Å². The van der Waals surface area contributed by atoms with Crippen LogP contribution in [-0.2, 0) is 0 Å². The standard InChI is InChI=1S/C38H32N2/c1-28-11-9-15-33(25-28)39-32-21-19-31(20-22-32)37-24-23-36(27-38(37)30-13-5-3-6-14-30)40(34-16-7-4-8-17-34)35-18-10-12-29(2)26-35/h3-27,39H,1-2H3. The van der Waals surface area contributed by atoms with Crippen molar-refractivity contribution in [2.75, 3.05) is 10.2 Å². The molecule has 2 heteroatoms. The molecule has 0 amide bonds. The van der Waals surface area contributed by atoms with E-state index in [0.717, 1.165) is 28.4 Å². The maximum absolute atomic E-state index is 3.53. The lowest BCUT2D eigenvalue weighted by atomic mass is 9.93. The molecule has 194 valence electrons. The van der Waals surface area contributed by atoms with Gasteiger partial charge in [0.15, 0.2) is 0 Å². The van der Waals surface area contributed by atoms with E-state index in [1.165, 1.54) is 33.4 Å². The van der Waals surface area contributed by atoms with Gasteiger partial charge in [-0.05, 0) is 108 Å². The van der Waals surface area contributed by atoms with Crippen molar-refractivity contribution in [2.24, 2.45) is 0 Å². The number of para-hydroxylation sites is 1. The molecule has 6 aromatic carbocycles. The number of rotatable bonds is 7. The summed E-state index contributed by atoms with van der Waals surface area (Å²) in [5.41, 5.74) is 12.8. The van der Waals surface area contributed by atoms with Gasteiger partial charge in [-0.15, -0.1) is 0 Å². The Morgan fingerprint density at radius 3 is 1.70 bits per heavy atom. The van der Waals surface area contributed by atoms with Crippen LogP contribution in [0.1, 0.15) is 11.1 Å². The van der Waals surface area contributed by atoms with Gasteiger partial charge in [-0.2, -0.15) is 0 Å². The quantitative estimate of drug-likeness (QED) is 0.227. The molecule has 0 heterocycles. The van der Waals surface area contributed by atoms with Crippen LogP contribution in [0, 0.1) is 13.8 Å². The van der Waals surface area contributed by atoms with Crippen LogP contribution in [0.15, 0.2) is 152 Å². The predicted octanol–water partition coefficient (Wildman–Crippen LogP) is 10.9. The van der Waals surface area contributed by atoms with Crippen LogP contribution < -0.4 is 10.2 Å². The number of benzene rings is 6. The molecule has 2 nitrogen and oxygen atoms in total. The average molecular weight is 517 g/mol. The minimum atomic E-state index is 1.07. The second-order valence-electron chi connectivity index (χ2n) is 10.2. The fourth-order valence-corrected chi connectivity index (χ4v) is 5.19. The van der Waals surface area contributed by atoms with E-state index < -0.39 is 0 Å². The zero-order valence-corrected chi connectivity index (χ0v) is 22.9. The molecule has 0 spiro atoms. The van der Waals surface area contributed by atoms with Crippen LogP contribution in [0.25, 0.3) is 22.3 Å². The van der Waals surface area contributed by atoms with Crippen molar-refractivity contribution in [1.29, 1.82) is 0 Å². The van der Waals surface area contributed by atoms with E-state index in [4.69, 9.17) is 0 Å². The SMILES string of the molecule is Cc1cccc(Nc2ccc(-c3ccc(N(c4ccccc4)c4cccc(C)c4)cc3-c3ccccc3)cc2)c1. The Bertz CT molecular complexity index is 1720. The van der Waals surface area contributed by atoms with Crippen LogP contribution in [0.5, 0.6) is 0 Å². The van der Waals surface area contributed by atoms with Crippen LogP contribution in [0.3, 0.4) is 0 Å². The van der Waals surface area contributed by atoms with Gasteiger partial charge in [0.25, 0.3) is 0 Å². The number of hydrogen-bond acceptors (Lipinski definition) is 2. The maximum Gasteiger partial charge on any atom is 0.0468 e. The normalized spacial score (nSPS) is 10.8. The molecule has 1 N–H and O–H groups in total. The molecule has 0 radical (unpaired) electrons. The summed E-state index contributed by atoms with van der Waals surface area (Å²) in [6.45, 7) is 4.25. The summed E-state index contributed by atoms with van der Waals surface area (Å²) in [6, 6.07) is 53.9. The first kappa shape index (κ1) is 25.2. The summed E-state index contributed by atoms with van der Waals surface area (Å²) in [5.74, 6) is 0. The van der Waals surface area contributed by atoms with E-state index in [1.807, 2.05) is 0 Å². The van der Waals surface area contributed by atoms with Gasteiger partial charge < -0.3 is 10.2 Å². The molecule has 0 atom stereocenters. The number of anilines is 5. The highest BCUT2D eigenvalue weighted by Gasteiger charge is 2.16. The van der Waals surface area contributed by atoms with Crippen molar-refractivity contribution in [2.45, 2.75) is 13.8 Å². The second kappa shape index (κ2) is 11.3. The Morgan fingerprint density at radius 1 is 0.400 bits per heavy atom. The van der Waals surface area contributed by atoms with E-state index in [0.29, 0.717) is 0 Å². The highest BCUT2D eigenvalue weighted by molar-refractivity contribution is 5.89. The maximum atomic E-state index is 3.53. The molecule has 0 aliphatic carbocycles. The molecular formula is C38H32N2. The summed E-state index contributed by atoms with van der Waals surface area (Å²) in [4.78, 5) is 2.33. The van der Waals surface area contributed by atoms with Gasteiger partial charge in [-0.1, -0.05) is 91.0 Å². The highest BCUT2D eigenvalue weighted by Crippen LogP contribution is 2.40.